The van der Waals surface area contributed by atoms with E-state index in [9.17, 15) is 0 Å². The third kappa shape index (κ3) is 3.01. The van der Waals surface area contributed by atoms with Gasteiger partial charge in [0.25, 0.3) is 0 Å². The van der Waals surface area contributed by atoms with Crippen LogP contribution in [0.25, 0.3) is 0 Å². The molecule has 0 fully saturated rings. The van der Waals surface area contributed by atoms with Crippen LogP contribution in [-0.2, 0) is 12.5 Å². The largest absolute Gasteiger partial charge is 0.306 e. The highest BCUT2D eigenvalue weighted by atomic mass is 32.1. The Hall–Kier alpha value is -1.27. The van der Waals surface area contributed by atoms with E-state index < -0.39 is 0 Å². The summed E-state index contributed by atoms with van der Waals surface area (Å²) in [6.07, 6.45) is 3.94. The van der Waals surface area contributed by atoms with Crippen LogP contribution in [-0.4, -0.2) is 25.9 Å². The van der Waals surface area contributed by atoms with E-state index in [0.29, 0.717) is 0 Å². The van der Waals surface area contributed by atoms with Crippen molar-refractivity contribution >= 4 is 11.5 Å². The van der Waals surface area contributed by atoms with Crippen LogP contribution >= 0.6 is 11.5 Å². The van der Waals surface area contributed by atoms with Crippen molar-refractivity contribution in [1.82, 2.24) is 24.7 Å². The quantitative estimate of drug-likeness (QED) is 0.933. The van der Waals surface area contributed by atoms with Crippen molar-refractivity contribution in [3.63, 3.8) is 0 Å². The number of nitrogens with one attached hydrogen (secondary N) is 1. The van der Waals surface area contributed by atoms with Gasteiger partial charge >= 0.3 is 0 Å². The number of hydrogen-bond acceptors (Lipinski definition) is 5. The lowest BCUT2D eigenvalue weighted by molar-refractivity contribution is 0.543. The molecule has 0 saturated heterocycles. The van der Waals surface area contributed by atoms with Gasteiger partial charge in [-0.25, -0.2) is 0 Å². The molecule has 6 heteroatoms. The second kappa shape index (κ2) is 5.38. The lowest BCUT2D eigenvalue weighted by Gasteiger charge is -2.21. The molecule has 2 rings (SSSR count). The van der Waals surface area contributed by atoms with Crippen molar-refractivity contribution in [3.8, 4) is 0 Å². The van der Waals surface area contributed by atoms with Crippen LogP contribution in [0, 0.1) is 0 Å². The summed E-state index contributed by atoms with van der Waals surface area (Å²) in [5, 5.41) is 12.1. The molecule has 0 bridgehead atoms. The van der Waals surface area contributed by atoms with Gasteiger partial charge in [-0.1, -0.05) is 32.2 Å². The van der Waals surface area contributed by atoms with Gasteiger partial charge in [-0.3, -0.25) is 4.68 Å². The summed E-state index contributed by atoms with van der Waals surface area (Å²) >= 11 is 1.47. The minimum atomic E-state index is -0.00177. The Bertz CT molecular complexity index is 537. The van der Waals surface area contributed by atoms with Crippen LogP contribution in [0.1, 0.15) is 49.9 Å². The van der Waals surface area contributed by atoms with Crippen LogP contribution in [0.4, 0.5) is 0 Å². The molecule has 0 spiro atoms. The fourth-order valence-electron chi connectivity index (χ4n) is 2.06. The van der Waals surface area contributed by atoms with Crippen LogP contribution in [0.3, 0.4) is 0 Å². The van der Waals surface area contributed by atoms with E-state index in [1.54, 1.807) is 0 Å². The highest BCUT2D eigenvalue weighted by molar-refractivity contribution is 7.05. The lowest BCUT2D eigenvalue weighted by Crippen LogP contribution is -2.24. The Morgan fingerprint density at radius 2 is 2.16 bits per heavy atom. The van der Waals surface area contributed by atoms with E-state index in [1.807, 2.05) is 24.1 Å². The molecule has 0 aromatic carbocycles. The molecule has 104 valence electrons. The minimum Gasteiger partial charge on any atom is -0.306 e. The lowest BCUT2D eigenvalue weighted by atomic mass is 9.89. The van der Waals surface area contributed by atoms with Gasteiger partial charge in [-0.15, -0.1) is 5.10 Å². The van der Waals surface area contributed by atoms with E-state index in [-0.39, 0.29) is 11.5 Å². The number of nitrogens with zero attached hydrogens (tertiary/aromatic N) is 4. The van der Waals surface area contributed by atoms with Crippen LogP contribution < -0.4 is 5.32 Å². The summed E-state index contributed by atoms with van der Waals surface area (Å²) < 4.78 is 5.97. The Morgan fingerprint density at radius 1 is 1.42 bits per heavy atom. The number of aromatic nitrogens is 4. The van der Waals surface area contributed by atoms with Gasteiger partial charge in [0, 0.05) is 24.2 Å². The van der Waals surface area contributed by atoms with Crippen molar-refractivity contribution in [1.29, 1.82) is 0 Å². The van der Waals surface area contributed by atoms with E-state index in [4.69, 9.17) is 0 Å². The molecule has 0 saturated carbocycles. The molecule has 0 radical (unpaired) electrons. The third-order valence-electron chi connectivity index (χ3n) is 2.95. The maximum absolute atomic E-state index is 4.32. The van der Waals surface area contributed by atoms with Gasteiger partial charge < -0.3 is 5.32 Å². The minimum absolute atomic E-state index is 0.00177. The van der Waals surface area contributed by atoms with Crippen LogP contribution in [0.5, 0.6) is 0 Å². The molecule has 0 aliphatic rings. The zero-order chi connectivity index (χ0) is 14.0. The molecule has 1 unspecified atom stereocenters. The zero-order valence-electron chi connectivity index (χ0n) is 12.1. The first-order chi connectivity index (χ1) is 8.93. The summed E-state index contributed by atoms with van der Waals surface area (Å²) in [6, 6.07) is 0.118. The van der Waals surface area contributed by atoms with E-state index in [2.05, 4.69) is 47.7 Å². The molecular formula is C13H21N5S. The topological polar surface area (TPSA) is 55.6 Å². The first kappa shape index (κ1) is 14.1. The fraction of sp³-hybridized carbons (Fsp3) is 0.615. The highest BCUT2D eigenvalue weighted by Crippen LogP contribution is 2.33. The Balaban J connectivity index is 2.43. The second-order valence-corrected chi connectivity index (χ2v) is 6.46. The predicted octanol–water partition coefficient (Wildman–Crippen LogP) is 2.27. The Labute approximate surface area is 118 Å². The number of rotatable bonds is 4. The summed E-state index contributed by atoms with van der Waals surface area (Å²) in [6.45, 7) is 9.49. The van der Waals surface area contributed by atoms with E-state index in [0.717, 1.165) is 17.8 Å². The summed E-state index contributed by atoms with van der Waals surface area (Å²) in [4.78, 5) is 1.18. The average molecular weight is 279 g/mol. The number of hydrogen-bond donors (Lipinski definition) is 1. The summed E-state index contributed by atoms with van der Waals surface area (Å²) in [7, 11) is 1.93. The first-order valence-corrected chi connectivity index (χ1v) is 7.25. The Morgan fingerprint density at radius 3 is 2.68 bits per heavy atom. The first-order valence-electron chi connectivity index (χ1n) is 6.48. The van der Waals surface area contributed by atoms with Crippen LogP contribution in [0.2, 0.25) is 0 Å². The van der Waals surface area contributed by atoms with E-state index in [1.165, 1.54) is 16.4 Å². The van der Waals surface area contributed by atoms with Gasteiger partial charge in [0.05, 0.1) is 22.8 Å². The maximum Gasteiger partial charge on any atom is 0.0860 e. The van der Waals surface area contributed by atoms with Gasteiger partial charge in [0.1, 0.15) is 0 Å². The van der Waals surface area contributed by atoms with Gasteiger partial charge in [-0.05, 0) is 18.1 Å². The molecule has 5 nitrogen and oxygen atoms in total. The van der Waals surface area contributed by atoms with E-state index >= 15 is 0 Å². The van der Waals surface area contributed by atoms with Crippen LogP contribution in [0.15, 0.2) is 12.4 Å². The zero-order valence-corrected chi connectivity index (χ0v) is 13.0. The van der Waals surface area contributed by atoms with Crippen molar-refractivity contribution in [2.75, 3.05) is 6.54 Å². The maximum atomic E-state index is 4.32. The summed E-state index contributed by atoms with van der Waals surface area (Å²) in [5.74, 6) is 0. The normalized spacial score (nSPS) is 13.7. The molecule has 1 atom stereocenters. The summed E-state index contributed by atoms with van der Waals surface area (Å²) in [5.41, 5.74) is 2.21. The molecular weight excluding hydrogens is 258 g/mol. The van der Waals surface area contributed by atoms with Crippen molar-refractivity contribution in [2.45, 2.75) is 39.2 Å². The standard InChI is InChI=1S/C13H21N5S/c1-6-14-10(9-7-15-18(5)8-9)11-12(13(2,3)4)16-17-19-11/h7-8,10,14H,6H2,1-5H3. The number of aryl methyl sites for hydroxylation is 1. The van der Waals surface area contributed by atoms with Crippen molar-refractivity contribution in [3.05, 3.63) is 28.5 Å². The third-order valence-corrected chi connectivity index (χ3v) is 3.74. The molecule has 0 aliphatic carbocycles. The highest BCUT2D eigenvalue weighted by Gasteiger charge is 2.28. The molecule has 2 heterocycles. The smallest absolute Gasteiger partial charge is 0.0860 e. The SMILES string of the molecule is CCNC(c1cnn(C)c1)c1snnc1C(C)(C)C. The predicted molar refractivity (Wildman–Crippen MR) is 77.3 cm³/mol. The molecule has 0 aliphatic heterocycles. The fourth-order valence-corrected chi connectivity index (χ4v) is 3.03. The van der Waals surface area contributed by atoms with Crippen molar-refractivity contribution in [2.24, 2.45) is 7.05 Å². The second-order valence-electron chi connectivity index (χ2n) is 5.67. The van der Waals surface area contributed by atoms with Crippen molar-refractivity contribution < 1.29 is 0 Å². The van der Waals surface area contributed by atoms with Gasteiger partial charge in [0.2, 0.25) is 0 Å². The molecule has 0 amide bonds. The van der Waals surface area contributed by atoms with Gasteiger partial charge in [0.15, 0.2) is 0 Å². The monoisotopic (exact) mass is 279 g/mol. The molecule has 1 N–H and O–H groups in total. The molecule has 2 aromatic rings. The van der Waals surface area contributed by atoms with Gasteiger partial charge in [-0.2, -0.15) is 5.10 Å². The molecule has 19 heavy (non-hydrogen) atoms. The molecule has 2 aromatic heterocycles. The average Bonchev–Trinajstić information content (AvgIpc) is 2.93. The Kier molecular flexibility index (Phi) is 4.01.